The molecular formula is C18H22N4O3S. The summed E-state index contributed by atoms with van der Waals surface area (Å²) in [5.74, 6) is 0.0331. The van der Waals surface area contributed by atoms with Crippen molar-refractivity contribution in [3.63, 3.8) is 0 Å². The molecule has 1 aromatic carbocycles. The van der Waals surface area contributed by atoms with Crippen molar-refractivity contribution in [3.8, 4) is 0 Å². The third-order valence-electron chi connectivity index (χ3n) is 4.26. The molecule has 1 aliphatic rings. The van der Waals surface area contributed by atoms with E-state index in [1.165, 1.54) is 0 Å². The van der Waals surface area contributed by atoms with E-state index < -0.39 is 10.0 Å². The van der Waals surface area contributed by atoms with Gasteiger partial charge in [-0.1, -0.05) is 0 Å². The van der Waals surface area contributed by atoms with Gasteiger partial charge in [0.05, 0.1) is 24.7 Å². The van der Waals surface area contributed by atoms with E-state index in [0.29, 0.717) is 17.8 Å². The van der Waals surface area contributed by atoms with Gasteiger partial charge >= 0.3 is 0 Å². The Morgan fingerprint density at radius 2 is 1.81 bits per heavy atom. The Balaban J connectivity index is 1.53. The van der Waals surface area contributed by atoms with Crippen molar-refractivity contribution in [1.82, 2.24) is 9.88 Å². The van der Waals surface area contributed by atoms with E-state index in [2.05, 4.69) is 19.5 Å². The monoisotopic (exact) mass is 374 g/mol. The van der Waals surface area contributed by atoms with Gasteiger partial charge in [0.25, 0.3) is 0 Å². The molecule has 1 fully saturated rings. The molecule has 26 heavy (non-hydrogen) atoms. The van der Waals surface area contributed by atoms with Crippen LogP contribution in [0.2, 0.25) is 0 Å². The highest BCUT2D eigenvalue weighted by molar-refractivity contribution is 7.92. The van der Waals surface area contributed by atoms with Crippen molar-refractivity contribution in [2.45, 2.75) is 0 Å². The Morgan fingerprint density at radius 3 is 2.38 bits per heavy atom. The fraction of sp³-hybridized carbons (Fsp3) is 0.333. The first-order chi connectivity index (χ1) is 12.4. The van der Waals surface area contributed by atoms with E-state index in [1.54, 1.807) is 30.5 Å². The van der Waals surface area contributed by atoms with Gasteiger partial charge in [0.1, 0.15) is 0 Å². The second-order valence-corrected chi connectivity index (χ2v) is 8.10. The quantitative estimate of drug-likeness (QED) is 0.771. The molecule has 1 saturated heterocycles. The van der Waals surface area contributed by atoms with Gasteiger partial charge in [-0.05, 0) is 36.4 Å². The summed E-state index contributed by atoms with van der Waals surface area (Å²) in [6, 6.07) is 10.5. The van der Waals surface area contributed by atoms with E-state index in [9.17, 15) is 13.2 Å². The van der Waals surface area contributed by atoms with Gasteiger partial charge in [-0.15, -0.1) is 0 Å². The van der Waals surface area contributed by atoms with Crippen LogP contribution in [0.5, 0.6) is 0 Å². The molecule has 0 saturated carbocycles. The predicted octanol–water partition coefficient (Wildman–Crippen LogP) is 1.46. The fourth-order valence-corrected chi connectivity index (χ4v) is 3.50. The lowest BCUT2D eigenvalue weighted by Crippen LogP contribution is -2.48. The number of pyridine rings is 1. The van der Waals surface area contributed by atoms with Crippen LogP contribution in [-0.4, -0.2) is 63.1 Å². The molecule has 1 aromatic heterocycles. The molecule has 0 radical (unpaired) electrons. The smallest absolute Gasteiger partial charge is 0.229 e. The third kappa shape index (κ3) is 5.03. The van der Waals surface area contributed by atoms with Gasteiger partial charge in [0.2, 0.25) is 10.0 Å². The summed E-state index contributed by atoms with van der Waals surface area (Å²) in [6.07, 6.45) is 4.71. The Kier molecular flexibility index (Phi) is 5.53. The molecule has 0 bridgehead atoms. The van der Waals surface area contributed by atoms with Crippen molar-refractivity contribution in [3.05, 3.63) is 54.4 Å². The minimum atomic E-state index is -3.31. The standard InChI is InChI=1S/C18H22N4O3S/c1-26(24,25)20-16-6-4-15(5-7-16)18(23)14-21-9-11-22(12-10-21)17-3-2-8-19-13-17/h2-8,13,20H,9-12,14H2,1H3. The van der Waals surface area contributed by atoms with Crippen LogP contribution in [0.4, 0.5) is 11.4 Å². The molecular weight excluding hydrogens is 352 g/mol. The number of sulfonamides is 1. The summed E-state index contributed by atoms with van der Waals surface area (Å²) in [5.41, 5.74) is 2.14. The topological polar surface area (TPSA) is 82.6 Å². The summed E-state index contributed by atoms with van der Waals surface area (Å²) in [6.45, 7) is 3.70. The number of piperazine rings is 1. The molecule has 2 heterocycles. The Bertz CT molecular complexity index is 846. The summed E-state index contributed by atoms with van der Waals surface area (Å²) in [5, 5.41) is 0. The van der Waals surface area contributed by atoms with E-state index >= 15 is 0 Å². The first-order valence-corrected chi connectivity index (χ1v) is 10.3. The van der Waals surface area contributed by atoms with E-state index in [1.807, 2.05) is 18.3 Å². The zero-order chi connectivity index (χ0) is 18.6. The average Bonchev–Trinajstić information content (AvgIpc) is 2.62. The minimum Gasteiger partial charge on any atom is -0.368 e. The molecule has 0 atom stereocenters. The Hall–Kier alpha value is -2.45. The first kappa shape index (κ1) is 18.3. The normalized spacial score (nSPS) is 15.7. The van der Waals surface area contributed by atoms with Crippen LogP contribution in [0, 0.1) is 0 Å². The Labute approximate surface area is 153 Å². The van der Waals surface area contributed by atoms with Crippen LogP contribution < -0.4 is 9.62 Å². The van der Waals surface area contributed by atoms with Crippen LogP contribution >= 0.6 is 0 Å². The highest BCUT2D eigenvalue weighted by Crippen LogP contribution is 2.15. The lowest BCUT2D eigenvalue weighted by Gasteiger charge is -2.35. The molecule has 0 spiro atoms. The van der Waals surface area contributed by atoms with Gasteiger partial charge in [-0.2, -0.15) is 0 Å². The number of carbonyl (C=O) groups excluding carboxylic acids is 1. The number of hydrogen-bond acceptors (Lipinski definition) is 6. The summed E-state index contributed by atoms with van der Waals surface area (Å²) >= 11 is 0. The van der Waals surface area contributed by atoms with Crippen molar-refractivity contribution >= 4 is 27.2 Å². The number of anilines is 2. The van der Waals surface area contributed by atoms with Crippen molar-refractivity contribution < 1.29 is 13.2 Å². The number of aromatic nitrogens is 1. The molecule has 0 amide bonds. The van der Waals surface area contributed by atoms with Gasteiger partial charge in [-0.3, -0.25) is 19.4 Å². The first-order valence-electron chi connectivity index (χ1n) is 8.39. The van der Waals surface area contributed by atoms with Crippen LogP contribution in [0.25, 0.3) is 0 Å². The van der Waals surface area contributed by atoms with Crippen molar-refractivity contribution in [2.75, 3.05) is 48.6 Å². The summed E-state index contributed by atoms with van der Waals surface area (Å²) in [7, 11) is -3.31. The number of Topliss-reactive ketones (excluding diaryl/α,β-unsaturated/α-hetero) is 1. The maximum atomic E-state index is 12.5. The van der Waals surface area contributed by atoms with Crippen molar-refractivity contribution in [2.24, 2.45) is 0 Å². The maximum Gasteiger partial charge on any atom is 0.229 e. The van der Waals surface area contributed by atoms with Crippen LogP contribution in [0.1, 0.15) is 10.4 Å². The van der Waals surface area contributed by atoms with Crippen molar-refractivity contribution in [1.29, 1.82) is 0 Å². The van der Waals surface area contributed by atoms with Crippen LogP contribution in [0.15, 0.2) is 48.8 Å². The zero-order valence-corrected chi connectivity index (χ0v) is 15.4. The van der Waals surface area contributed by atoms with E-state index in [-0.39, 0.29) is 5.78 Å². The lowest BCUT2D eigenvalue weighted by atomic mass is 10.1. The number of carbonyl (C=O) groups is 1. The molecule has 138 valence electrons. The van der Waals surface area contributed by atoms with E-state index in [4.69, 9.17) is 0 Å². The lowest BCUT2D eigenvalue weighted by molar-refractivity contribution is 0.0926. The highest BCUT2D eigenvalue weighted by Gasteiger charge is 2.20. The van der Waals surface area contributed by atoms with Gasteiger partial charge in [-0.25, -0.2) is 8.42 Å². The molecule has 7 nitrogen and oxygen atoms in total. The molecule has 8 heteroatoms. The Morgan fingerprint density at radius 1 is 1.12 bits per heavy atom. The second kappa shape index (κ2) is 7.84. The summed E-state index contributed by atoms with van der Waals surface area (Å²) < 4.78 is 24.8. The van der Waals surface area contributed by atoms with E-state index in [0.717, 1.165) is 38.1 Å². The average molecular weight is 374 g/mol. The van der Waals surface area contributed by atoms with Gasteiger partial charge < -0.3 is 4.90 Å². The van der Waals surface area contributed by atoms with Crippen LogP contribution in [-0.2, 0) is 10.0 Å². The molecule has 3 rings (SSSR count). The molecule has 2 aromatic rings. The SMILES string of the molecule is CS(=O)(=O)Nc1ccc(C(=O)CN2CCN(c3cccnc3)CC2)cc1. The molecule has 1 N–H and O–H groups in total. The maximum absolute atomic E-state index is 12.5. The number of nitrogens with one attached hydrogen (secondary N) is 1. The summed E-state index contributed by atoms with van der Waals surface area (Å²) in [4.78, 5) is 21.0. The molecule has 0 unspecified atom stereocenters. The fourth-order valence-electron chi connectivity index (χ4n) is 2.94. The highest BCUT2D eigenvalue weighted by atomic mass is 32.2. The number of ketones is 1. The number of hydrogen-bond donors (Lipinski definition) is 1. The third-order valence-corrected chi connectivity index (χ3v) is 4.87. The predicted molar refractivity (Wildman–Crippen MR) is 102 cm³/mol. The largest absolute Gasteiger partial charge is 0.368 e. The zero-order valence-electron chi connectivity index (χ0n) is 14.6. The number of rotatable bonds is 6. The molecule has 1 aliphatic heterocycles. The molecule has 0 aliphatic carbocycles. The van der Waals surface area contributed by atoms with Crippen LogP contribution in [0.3, 0.4) is 0 Å². The van der Waals surface area contributed by atoms with Gasteiger partial charge in [0.15, 0.2) is 5.78 Å². The number of benzene rings is 1. The second-order valence-electron chi connectivity index (χ2n) is 6.35. The number of nitrogens with zero attached hydrogens (tertiary/aromatic N) is 3. The minimum absolute atomic E-state index is 0.0331. The van der Waals surface area contributed by atoms with Gasteiger partial charge in [0, 0.05) is 43.6 Å².